The van der Waals surface area contributed by atoms with Gasteiger partial charge in [0.15, 0.2) is 0 Å². The SMILES string of the molecule is Cc1cc(/C=N\n2cnc3scc(-c4ccco4)c3c2=O)c(C)n1CC(C)C. The van der Waals surface area contributed by atoms with Crippen molar-refractivity contribution in [3.8, 4) is 11.3 Å². The molecule has 0 unspecified atom stereocenters. The lowest BCUT2D eigenvalue weighted by molar-refractivity contribution is 0.509. The molecule has 0 N–H and O–H groups in total. The van der Waals surface area contributed by atoms with Gasteiger partial charge in [-0.2, -0.15) is 9.78 Å². The Morgan fingerprint density at radius 2 is 2.18 bits per heavy atom. The Kier molecular flexibility index (Phi) is 4.77. The summed E-state index contributed by atoms with van der Waals surface area (Å²) in [5.41, 5.74) is 3.88. The molecule has 0 aliphatic rings. The maximum atomic E-state index is 13.0. The van der Waals surface area contributed by atoms with Crippen LogP contribution in [0.3, 0.4) is 0 Å². The number of rotatable bonds is 5. The van der Waals surface area contributed by atoms with E-state index in [1.165, 1.54) is 28.0 Å². The molecule has 0 bridgehead atoms. The fourth-order valence-electron chi connectivity index (χ4n) is 3.35. The largest absolute Gasteiger partial charge is 0.464 e. The van der Waals surface area contributed by atoms with E-state index in [9.17, 15) is 4.79 Å². The molecule has 4 aromatic heterocycles. The van der Waals surface area contributed by atoms with Gasteiger partial charge in [0, 0.05) is 34.4 Å². The molecule has 4 rings (SSSR count). The standard InChI is InChI=1S/C21H22N4O2S/c1-13(2)10-24-14(3)8-16(15(24)4)9-23-25-12-22-20-19(21(25)26)17(11-28-20)18-6-5-7-27-18/h5-9,11-13H,10H2,1-4H3/b23-9-. The summed E-state index contributed by atoms with van der Waals surface area (Å²) < 4.78 is 9.03. The minimum absolute atomic E-state index is 0.204. The minimum Gasteiger partial charge on any atom is -0.464 e. The third kappa shape index (κ3) is 3.22. The Morgan fingerprint density at radius 3 is 2.89 bits per heavy atom. The van der Waals surface area contributed by atoms with Gasteiger partial charge in [-0.1, -0.05) is 13.8 Å². The van der Waals surface area contributed by atoms with E-state index in [0.717, 1.165) is 23.4 Å². The van der Waals surface area contributed by atoms with Crippen LogP contribution in [0.25, 0.3) is 21.5 Å². The summed E-state index contributed by atoms with van der Waals surface area (Å²) in [5, 5.41) is 6.83. The van der Waals surface area contributed by atoms with Crippen molar-refractivity contribution < 1.29 is 4.42 Å². The molecule has 0 aliphatic carbocycles. The summed E-state index contributed by atoms with van der Waals surface area (Å²) in [6.07, 6.45) is 4.79. The van der Waals surface area contributed by atoms with Crippen LogP contribution < -0.4 is 5.56 Å². The van der Waals surface area contributed by atoms with Crippen molar-refractivity contribution in [3.63, 3.8) is 0 Å². The number of furan rings is 1. The fraction of sp³-hybridized carbons (Fsp3) is 0.286. The molecular formula is C21H22N4O2S. The summed E-state index contributed by atoms with van der Waals surface area (Å²) >= 11 is 1.42. The molecule has 4 aromatic rings. The number of hydrogen-bond acceptors (Lipinski definition) is 5. The van der Waals surface area contributed by atoms with Gasteiger partial charge in [0.2, 0.25) is 0 Å². The molecule has 0 fully saturated rings. The van der Waals surface area contributed by atoms with Crippen molar-refractivity contribution in [2.75, 3.05) is 0 Å². The van der Waals surface area contributed by atoms with Gasteiger partial charge in [-0.15, -0.1) is 11.3 Å². The Morgan fingerprint density at radius 1 is 1.36 bits per heavy atom. The average molecular weight is 395 g/mol. The molecule has 0 amide bonds. The maximum Gasteiger partial charge on any atom is 0.283 e. The van der Waals surface area contributed by atoms with E-state index in [1.807, 2.05) is 11.4 Å². The van der Waals surface area contributed by atoms with E-state index >= 15 is 0 Å². The van der Waals surface area contributed by atoms with Gasteiger partial charge in [0.1, 0.15) is 16.9 Å². The monoisotopic (exact) mass is 394 g/mol. The van der Waals surface area contributed by atoms with E-state index in [4.69, 9.17) is 4.42 Å². The molecule has 0 aliphatic heterocycles. The fourth-order valence-corrected chi connectivity index (χ4v) is 4.23. The van der Waals surface area contributed by atoms with Gasteiger partial charge in [-0.05, 0) is 38.0 Å². The second-order valence-corrected chi connectivity index (χ2v) is 8.13. The maximum absolute atomic E-state index is 13.0. The first kappa shape index (κ1) is 18.4. The van der Waals surface area contributed by atoms with Gasteiger partial charge in [0.05, 0.1) is 17.9 Å². The van der Waals surface area contributed by atoms with Gasteiger partial charge in [0.25, 0.3) is 5.56 Å². The van der Waals surface area contributed by atoms with Crippen LogP contribution >= 0.6 is 11.3 Å². The van der Waals surface area contributed by atoms with Crippen molar-refractivity contribution in [1.82, 2.24) is 14.2 Å². The highest BCUT2D eigenvalue weighted by Crippen LogP contribution is 2.30. The highest BCUT2D eigenvalue weighted by molar-refractivity contribution is 7.17. The highest BCUT2D eigenvalue weighted by atomic mass is 32.1. The zero-order chi connectivity index (χ0) is 19.8. The molecule has 0 spiro atoms. The predicted molar refractivity (Wildman–Crippen MR) is 113 cm³/mol. The highest BCUT2D eigenvalue weighted by Gasteiger charge is 2.15. The lowest BCUT2D eigenvalue weighted by Gasteiger charge is -2.11. The van der Waals surface area contributed by atoms with E-state index in [1.54, 1.807) is 18.5 Å². The number of aryl methyl sites for hydroxylation is 1. The summed E-state index contributed by atoms with van der Waals surface area (Å²) in [7, 11) is 0. The van der Waals surface area contributed by atoms with Crippen LogP contribution in [-0.2, 0) is 6.54 Å². The average Bonchev–Trinajstić information content (AvgIpc) is 3.37. The molecular weight excluding hydrogens is 372 g/mol. The first-order valence-corrected chi connectivity index (χ1v) is 10.1. The second kappa shape index (κ2) is 7.24. The zero-order valence-electron chi connectivity index (χ0n) is 16.3. The van der Waals surface area contributed by atoms with Crippen LogP contribution in [0.2, 0.25) is 0 Å². The molecule has 6 nitrogen and oxygen atoms in total. The van der Waals surface area contributed by atoms with Crippen molar-refractivity contribution >= 4 is 27.8 Å². The molecule has 28 heavy (non-hydrogen) atoms. The van der Waals surface area contributed by atoms with Crippen LogP contribution in [0.5, 0.6) is 0 Å². The number of thiophene rings is 1. The van der Waals surface area contributed by atoms with Crippen molar-refractivity contribution in [1.29, 1.82) is 0 Å². The van der Waals surface area contributed by atoms with Crippen LogP contribution in [-0.4, -0.2) is 20.4 Å². The van der Waals surface area contributed by atoms with Crippen LogP contribution in [0.15, 0.2) is 50.5 Å². The Balaban J connectivity index is 1.74. The van der Waals surface area contributed by atoms with Crippen molar-refractivity contribution in [3.05, 3.63) is 63.5 Å². The normalized spacial score (nSPS) is 12.0. The molecule has 4 heterocycles. The number of hydrogen-bond donors (Lipinski definition) is 0. The van der Waals surface area contributed by atoms with Crippen molar-refractivity contribution in [2.45, 2.75) is 34.2 Å². The van der Waals surface area contributed by atoms with Crippen LogP contribution in [0.4, 0.5) is 0 Å². The summed E-state index contributed by atoms with van der Waals surface area (Å²) in [5.74, 6) is 1.21. The van der Waals surface area contributed by atoms with Crippen LogP contribution in [0, 0.1) is 19.8 Å². The third-order valence-corrected chi connectivity index (χ3v) is 5.63. The summed E-state index contributed by atoms with van der Waals surface area (Å²) in [4.78, 5) is 18.1. The minimum atomic E-state index is -0.204. The Labute approximate surface area is 166 Å². The molecule has 0 saturated carbocycles. The predicted octanol–water partition coefficient (Wildman–Crippen LogP) is 4.67. The second-order valence-electron chi connectivity index (χ2n) is 7.28. The van der Waals surface area contributed by atoms with Crippen molar-refractivity contribution in [2.24, 2.45) is 11.0 Å². The topological polar surface area (TPSA) is 65.3 Å². The molecule has 7 heteroatoms. The third-order valence-electron chi connectivity index (χ3n) is 4.75. The molecule has 144 valence electrons. The van der Waals surface area contributed by atoms with E-state index in [0.29, 0.717) is 21.9 Å². The first-order valence-electron chi connectivity index (χ1n) is 9.19. The number of fused-ring (bicyclic) bond motifs is 1. The quantitative estimate of drug-likeness (QED) is 0.462. The molecule has 0 saturated heterocycles. The summed E-state index contributed by atoms with van der Waals surface area (Å²) in [6, 6.07) is 5.74. The number of nitrogens with zero attached hydrogens (tertiary/aromatic N) is 4. The van der Waals surface area contributed by atoms with Gasteiger partial charge < -0.3 is 8.98 Å². The lowest BCUT2D eigenvalue weighted by Crippen LogP contribution is -2.16. The Hall–Kier alpha value is -2.93. The number of aromatic nitrogens is 3. The summed E-state index contributed by atoms with van der Waals surface area (Å²) in [6.45, 7) is 9.53. The van der Waals surface area contributed by atoms with Gasteiger partial charge >= 0.3 is 0 Å². The van der Waals surface area contributed by atoms with Gasteiger partial charge in [-0.3, -0.25) is 4.79 Å². The van der Waals surface area contributed by atoms with E-state index in [-0.39, 0.29) is 5.56 Å². The smallest absolute Gasteiger partial charge is 0.283 e. The van der Waals surface area contributed by atoms with Gasteiger partial charge in [-0.25, -0.2) is 4.98 Å². The van der Waals surface area contributed by atoms with Crippen LogP contribution in [0.1, 0.15) is 30.8 Å². The Bertz CT molecular complexity index is 1210. The molecule has 0 radical (unpaired) electrons. The molecule has 0 atom stereocenters. The molecule has 0 aromatic carbocycles. The van der Waals surface area contributed by atoms with E-state index < -0.39 is 0 Å². The lowest BCUT2D eigenvalue weighted by atomic mass is 10.2. The first-order chi connectivity index (χ1) is 13.5. The van der Waals surface area contributed by atoms with E-state index in [2.05, 4.69) is 48.4 Å². The zero-order valence-corrected chi connectivity index (χ0v) is 17.2.